The Morgan fingerprint density at radius 3 is 2.00 bits per heavy atom. The summed E-state index contributed by atoms with van der Waals surface area (Å²) in [5.74, 6) is 0. The van der Waals surface area contributed by atoms with Crippen LogP contribution in [0, 0.1) is 0 Å². The van der Waals surface area contributed by atoms with E-state index in [1.54, 1.807) is 0 Å². The van der Waals surface area contributed by atoms with Crippen molar-refractivity contribution in [2.75, 3.05) is 19.8 Å². The molecule has 2 atom stereocenters. The first-order chi connectivity index (χ1) is 10.9. The molecular weight excluding hydrogens is 292 g/mol. The Bertz CT molecular complexity index is 392. The van der Waals surface area contributed by atoms with E-state index in [1.165, 1.54) is 16.7 Å². The number of aliphatic hydroxyl groups excluding tert-OH is 3. The number of hydrogen-bond donors (Lipinski definition) is 3. The molecule has 0 aromatic carbocycles. The summed E-state index contributed by atoms with van der Waals surface area (Å²) in [7, 11) is 0. The maximum Gasteiger partial charge on any atom is 0.105 e. The molecule has 0 aromatic heterocycles. The molecule has 0 bridgehead atoms. The number of aliphatic hydroxyl groups is 3. The summed E-state index contributed by atoms with van der Waals surface area (Å²) in [5, 5.41) is 27.3. The zero-order valence-electron chi connectivity index (χ0n) is 15.1. The Hall–Kier alpha value is -0.940. The molecule has 0 fully saturated rings. The van der Waals surface area contributed by atoms with Gasteiger partial charge in [-0.15, -0.1) is 0 Å². The van der Waals surface area contributed by atoms with Gasteiger partial charge in [0.2, 0.25) is 0 Å². The van der Waals surface area contributed by atoms with Crippen molar-refractivity contribution in [3.8, 4) is 0 Å². The Kier molecular flexibility index (Phi) is 12.9. The molecule has 0 radical (unpaired) electrons. The largest absolute Gasteiger partial charge is 0.394 e. The van der Waals surface area contributed by atoms with E-state index in [1.807, 2.05) is 6.08 Å². The van der Waals surface area contributed by atoms with E-state index in [0.29, 0.717) is 6.61 Å². The van der Waals surface area contributed by atoms with Crippen LogP contribution in [0.15, 0.2) is 34.9 Å². The lowest BCUT2D eigenvalue weighted by Crippen LogP contribution is -2.33. The SMILES string of the molecule is CC(C)=CCC/C(C)=C/CCC(C)=CCOCC(O)C(O)CO. The summed E-state index contributed by atoms with van der Waals surface area (Å²) >= 11 is 0. The summed E-state index contributed by atoms with van der Waals surface area (Å²) in [6.45, 7) is 8.46. The second-order valence-corrected chi connectivity index (χ2v) is 6.31. The van der Waals surface area contributed by atoms with E-state index < -0.39 is 18.8 Å². The molecule has 0 spiro atoms. The van der Waals surface area contributed by atoms with Gasteiger partial charge in [0.1, 0.15) is 12.2 Å². The minimum atomic E-state index is -1.14. The Balaban J connectivity index is 3.87. The molecule has 0 aliphatic heterocycles. The molecular formula is C19H34O4. The van der Waals surface area contributed by atoms with Crippen molar-refractivity contribution >= 4 is 0 Å². The van der Waals surface area contributed by atoms with Crippen LogP contribution in [0.5, 0.6) is 0 Å². The van der Waals surface area contributed by atoms with E-state index in [4.69, 9.17) is 9.84 Å². The van der Waals surface area contributed by atoms with Gasteiger partial charge in [-0.05, 0) is 53.4 Å². The number of allylic oxidation sites excluding steroid dienone is 5. The third kappa shape index (κ3) is 13.2. The van der Waals surface area contributed by atoms with Gasteiger partial charge in [0, 0.05) is 0 Å². The van der Waals surface area contributed by atoms with Gasteiger partial charge in [-0.25, -0.2) is 0 Å². The first kappa shape index (κ1) is 22.1. The molecule has 0 saturated heterocycles. The Labute approximate surface area is 141 Å². The normalized spacial score (nSPS) is 15.4. The average Bonchev–Trinajstić information content (AvgIpc) is 2.50. The van der Waals surface area contributed by atoms with Crippen LogP contribution in [0.25, 0.3) is 0 Å². The topological polar surface area (TPSA) is 69.9 Å². The summed E-state index contributed by atoms with van der Waals surface area (Å²) in [6, 6.07) is 0. The van der Waals surface area contributed by atoms with Gasteiger partial charge in [0.15, 0.2) is 0 Å². The predicted molar refractivity (Wildman–Crippen MR) is 95.3 cm³/mol. The van der Waals surface area contributed by atoms with Crippen LogP contribution in [0.2, 0.25) is 0 Å². The lowest BCUT2D eigenvalue weighted by atomic mass is 10.1. The van der Waals surface area contributed by atoms with Crippen LogP contribution in [0.3, 0.4) is 0 Å². The molecule has 0 amide bonds. The molecule has 0 aliphatic carbocycles. The third-order valence-electron chi connectivity index (χ3n) is 3.59. The quantitative estimate of drug-likeness (QED) is 0.381. The van der Waals surface area contributed by atoms with Gasteiger partial charge in [-0.1, -0.05) is 34.9 Å². The smallest absolute Gasteiger partial charge is 0.105 e. The fourth-order valence-electron chi connectivity index (χ4n) is 1.96. The van der Waals surface area contributed by atoms with Crippen molar-refractivity contribution in [3.05, 3.63) is 34.9 Å². The molecule has 0 aliphatic rings. The van der Waals surface area contributed by atoms with Crippen LogP contribution in [-0.4, -0.2) is 47.3 Å². The minimum absolute atomic E-state index is 0.0227. The van der Waals surface area contributed by atoms with Gasteiger partial charge in [0.25, 0.3) is 0 Å². The maximum atomic E-state index is 9.42. The molecule has 4 nitrogen and oxygen atoms in total. The first-order valence-electron chi connectivity index (χ1n) is 8.36. The highest BCUT2D eigenvalue weighted by Crippen LogP contribution is 2.11. The zero-order chi connectivity index (χ0) is 17.7. The monoisotopic (exact) mass is 326 g/mol. The van der Waals surface area contributed by atoms with Gasteiger partial charge in [-0.3, -0.25) is 0 Å². The van der Waals surface area contributed by atoms with Crippen molar-refractivity contribution in [1.82, 2.24) is 0 Å². The van der Waals surface area contributed by atoms with Gasteiger partial charge in [-0.2, -0.15) is 0 Å². The fourth-order valence-corrected chi connectivity index (χ4v) is 1.96. The second kappa shape index (κ2) is 13.5. The second-order valence-electron chi connectivity index (χ2n) is 6.31. The van der Waals surface area contributed by atoms with Crippen LogP contribution < -0.4 is 0 Å². The number of ether oxygens (including phenoxy) is 1. The zero-order valence-corrected chi connectivity index (χ0v) is 15.1. The molecule has 2 unspecified atom stereocenters. The molecule has 3 N–H and O–H groups in total. The molecule has 134 valence electrons. The average molecular weight is 326 g/mol. The molecule has 0 aromatic rings. The summed E-state index contributed by atoms with van der Waals surface area (Å²) in [5.41, 5.74) is 4.04. The van der Waals surface area contributed by atoms with Gasteiger partial charge < -0.3 is 20.1 Å². The van der Waals surface area contributed by atoms with E-state index in [2.05, 4.69) is 39.8 Å². The summed E-state index contributed by atoms with van der Waals surface area (Å²) in [6.07, 6.45) is 8.60. The predicted octanol–water partition coefficient (Wildman–Crippen LogP) is 3.14. The highest BCUT2D eigenvalue weighted by Gasteiger charge is 2.14. The van der Waals surface area contributed by atoms with Crippen molar-refractivity contribution in [3.63, 3.8) is 0 Å². The van der Waals surface area contributed by atoms with Crippen molar-refractivity contribution in [2.45, 2.75) is 65.6 Å². The minimum Gasteiger partial charge on any atom is -0.394 e. The first-order valence-corrected chi connectivity index (χ1v) is 8.36. The molecule has 23 heavy (non-hydrogen) atoms. The Morgan fingerprint density at radius 1 is 0.870 bits per heavy atom. The van der Waals surface area contributed by atoms with E-state index in [-0.39, 0.29) is 6.61 Å². The standard InChI is InChI=1S/C19H34O4/c1-15(2)7-5-8-16(3)9-6-10-17(4)11-12-23-14-19(22)18(21)13-20/h7,9,11,18-22H,5-6,8,10,12-14H2,1-4H3/b16-9+,17-11?. The van der Waals surface area contributed by atoms with E-state index in [0.717, 1.165) is 25.7 Å². The summed E-state index contributed by atoms with van der Waals surface area (Å²) in [4.78, 5) is 0. The highest BCUT2D eigenvalue weighted by atomic mass is 16.5. The molecule has 4 heteroatoms. The van der Waals surface area contributed by atoms with Crippen LogP contribution in [0.4, 0.5) is 0 Å². The van der Waals surface area contributed by atoms with Crippen LogP contribution in [0.1, 0.15) is 53.4 Å². The number of hydrogen-bond acceptors (Lipinski definition) is 4. The van der Waals surface area contributed by atoms with Crippen LogP contribution >= 0.6 is 0 Å². The highest BCUT2D eigenvalue weighted by molar-refractivity contribution is 5.05. The number of rotatable bonds is 12. The lowest BCUT2D eigenvalue weighted by Gasteiger charge is -2.14. The third-order valence-corrected chi connectivity index (χ3v) is 3.59. The summed E-state index contributed by atoms with van der Waals surface area (Å²) < 4.78 is 5.27. The van der Waals surface area contributed by atoms with E-state index >= 15 is 0 Å². The molecule has 0 saturated carbocycles. The maximum absolute atomic E-state index is 9.42. The van der Waals surface area contributed by atoms with Crippen molar-refractivity contribution in [1.29, 1.82) is 0 Å². The lowest BCUT2D eigenvalue weighted by molar-refractivity contribution is -0.0527. The molecule has 0 rings (SSSR count). The van der Waals surface area contributed by atoms with Gasteiger partial charge in [0.05, 0.1) is 19.8 Å². The molecule has 0 heterocycles. The van der Waals surface area contributed by atoms with Crippen molar-refractivity contribution in [2.24, 2.45) is 0 Å². The van der Waals surface area contributed by atoms with Crippen molar-refractivity contribution < 1.29 is 20.1 Å². The van der Waals surface area contributed by atoms with E-state index in [9.17, 15) is 10.2 Å². The fraction of sp³-hybridized carbons (Fsp3) is 0.684. The van der Waals surface area contributed by atoms with Gasteiger partial charge >= 0.3 is 0 Å². The van der Waals surface area contributed by atoms with Crippen LogP contribution in [-0.2, 0) is 4.74 Å². The Morgan fingerprint density at radius 2 is 1.43 bits per heavy atom.